The normalized spacial score (nSPS) is 12.9. The molecule has 1 amide bonds. The molecular formula is C14H13BrF4N4O. The average Bonchev–Trinajstić information content (AvgIpc) is 2.86. The summed E-state index contributed by atoms with van der Waals surface area (Å²) in [4.78, 5) is 15.8. The van der Waals surface area contributed by atoms with Crippen LogP contribution in [0.15, 0.2) is 28.9 Å². The molecule has 24 heavy (non-hydrogen) atoms. The summed E-state index contributed by atoms with van der Waals surface area (Å²) in [5.74, 6) is -1.43. The Kier molecular flexibility index (Phi) is 5.58. The summed E-state index contributed by atoms with van der Waals surface area (Å²) in [5, 5.41) is 5.86. The number of carbonyl (C=O) groups excluding carboxylic acids is 1. The summed E-state index contributed by atoms with van der Waals surface area (Å²) in [6.07, 6.45) is -2.75. The van der Waals surface area contributed by atoms with Gasteiger partial charge in [0.15, 0.2) is 5.69 Å². The third-order valence-corrected chi connectivity index (χ3v) is 3.69. The fourth-order valence-electron chi connectivity index (χ4n) is 2.07. The smallest absolute Gasteiger partial charge is 0.309 e. The number of aromatic nitrogens is 3. The molecule has 0 fully saturated rings. The van der Waals surface area contributed by atoms with Crippen molar-refractivity contribution in [3.63, 3.8) is 0 Å². The Morgan fingerprint density at radius 3 is 2.67 bits per heavy atom. The molecule has 0 aliphatic carbocycles. The number of carbonyl (C=O) groups is 1. The van der Waals surface area contributed by atoms with Crippen LogP contribution in [-0.2, 0) is 11.0 Å². The molecule has 0 spiro atoms. The first-order valence-electron chi connectivity index (χ1n) is 6.97. The molecular weight excluding hydrogens is 396 g/mol. The number of nitrogens with zero attached hydrogens (tertiary/aromatic N) is 3. The summed E-state index contributed by atoms with van der Waals surface area (Å²) in [6.45, 7) is 1.78. The highest BCUT2D eigenvalue weighted by Crippen LogP contribution is 2.34. The Hall–Kier alpha value is -1.97. The molecule has 2 aromatic heterocycles. The minimum atomic E-state index is -4.64. The average molecular weight is 409 g/mol. The van der Waals surface area contributed by atoms with Crippen LogP contribution < -0.4 is 5.32 Å². The number of pyridine rings is 1. The number of halogens is 5. The number of anilines is 1. The maximum absolute atomic E-state index is 13.1. The number of nitrogens with one attached hydrogen (secondary N) is 1. The van der Waals surface area contributed by atoms with Crippen molar-refractivity contribution in [3.05, 3.63) is 40.5 Å². The van der Waals surface area contributed by atoms with E-state index in [0.29, 0.717) is 6.42 Å². The highest BCUT2D eigenvalue weighted by atomic mass is 79.9. The monoisotopic (exact) mass is 408 g/mol. The van der Waals surface area contributed by atoms with E-state index in [9.17, 15) is 22.4 Å². The Morgan fingerprint density at radius 2 is 2.12 bits per heavy atom. The molecule has 0 saturated heterocycles. The fraction of sp³-hybridized carbons (Fsp3) is 0.357. The minimum Gasteiger partial charge on any atom is -0.309 e. The molecule has 2 aromatic rings. The predicted molar refractivity (Wildman–Crippen MR) is 81.7 cm³/mol. The van der Waals surface area contributed by atoms with Crippen LogP contribution in [0.2, 0.25) is 0 Å². The van der Waals surface area contributed by atoms with Crippen molar-refractivity contribution in [1.82, 2.24) is 14.8 Å². The van der Waals surface area contributed by atoms with E-state index in [4.69, 9.17) is 0 Å². The van der Waals surface area contributed by atoms with Crippen molar-refractivity contribution in [1.29, 1.82) is 0 Å². The van der Waals surface area contributed by atoms with Gasteiger partial charge < -0.3 is 5.32 Å². The van der Waals surface area contributed by atoms with Crippen LogP contribution in [0, 0.1) is 5.95 Å². The fourth-order valence-corrected chi connectivity index (χ4v) is 2.58. The second-order valence-corrected chi connectivity index (χ2v) is 5.80. The van der Waals surface area contributed by atoms with Gasteiger partial charge in [-0.15, -0.1) is 0 Å². The van der Waals surface area contributed by atoms with Gasteiger partial charge in [-0.1, -0.05) is 19.4 Å². The SMILES string of the molecule is CCCC(C(=O)Nc1cccc(F)n1)n1cc(Br)c(C(F)(F)F)n1. The standard InChI is InChI=1S/C14H13BrF4N4O/c1-2-4-9(13(24)21-11-6-3-5-10(16)20-11)23-7-8(15)12(22-23)14(17,18)19/h3,5-7,9H,2,4H2,1H3,(H,20,21,24). The highest BCUT2D eigenvalue weighted by Gasteiger charge is 2.37. The van der Waals surface area contributed by atoms with Gasteiger partial charge in [-0.05, 0) is 34.5 Å². The van der Waals surface area contributed by atoms with E-state index in [1.54, 1.807) is 6.92 Å². The largest absolute Gasteiger partial charge is 0.436 e. The molecule has 0 aromatic carbocycles. The van der Waals surface area contributed by atoms with Gasteiger partial charge in [0.25, 0.3) is 0 Å². The topological polar surface area (TPSA) is 59.8 Å². The lowest BCUT2D eigenvalue weighted by atomic mass is 10.1. The maximum atomic E-state index is 13.1. The lowest BCUT2D eigenvalue weighted by molar-refractivity contribution is -0.142. The van der Waals surface area contributed by atoms with Crippen molar-refractivity contribution in [3.8, 4) is 0 Å². The molecule has 1 unspecified atom stereocenters. The Labute approximate surface area is 143 Å². The first kappa shape index (κ1) is 18.4. The molecule has 0 saturated carbocycles. The highest BCUT2D eigenvalue weighted by molar-refractivity contribution is 9.10. The van der Waals surface area contributed by atoms with E-state index in [1.807, 2.05) is 0 Å². The van der Waals surface area contributed by atoms with Crippen LogP contribution in [-0.4, -0.2) is 20.7 Å². The molecule has 0 radical (unpaired) electrons. The van der Waals surface area contributed by atoms with Gasteiger partial charge >= 0.3 is 6.18 Å². The van der Waals surface area contributed by atoms with Crippen molar-refractivity contribution < 1.29 is 22.4 Å². The number of amides is 1. The van der Waals surface area contributed by atoms with Crippen molar-refractivity contribution in [2.45, 2.75) is 32.0 Å². The minimum absolute atomic E-state index is 0.0247. The zero-order valence-electron chi connectivity index (χ0n) is 12.4. The lowest BCUT2D eigenvalue weighted by Gasteiger charge is -2.16. The van der Waals surface area contributed by atoms with Crippen LogP contribution in [0.5, 0.6) is 0 Å². The summed E-state index contributed by atoms with van der Waals surface area (Å²) >= 11 is 2.80. The van der Waals surface area contributed by atoms with Crippen LogP contribution in [0.1, 0.15) is 31.5 Å². The summed E-state index contributed by atoms with van der Waals surface area (Å²) in [7, 11) is 0. The van der Waals surface area contributed by atoms with E-state index in [2.05, 4.69) is 31.3 Å². The van der Waals surface area contributed by atoms with Gasteiger partial charge in [-0.25, -0.2) is 4.98 Å². The van der Waals surface area contributed by atoms with Crippen LogP contribution in [0.3, 0.4) is 0 Å². The van der Waals surface area contributed by atoms with E-state index in [-0.39, 0.29) is 16.7 Å². The molecule has 2 rings (SSSR count). The maximum Gasteiger partial charge on any atom is 0.436 e. The lowest BCUT2D eigenvalue weighted by Crippen LogP contribution is -2.27. The second kappa shape index (κ2) is 7.29. The number of alkyl halides is 3. The summed E-state index contributed by atoms with van der Waals surface area (Å²) in [6, 6.07) is 2.87. The molecule has 2 heterocycles. The summed E-state index contributed by atoms with van der Waals surface area (Å²) in [5.41, 5.74) is -1.11. The van der Waals surface area contributed by atoms with Crippen molar-refractivity contribution in [2.75, 3.05) is 5.32 Å². The van der Waals surface area contributed by atoms with Gasteiger partial charge in [-0.3, -0.25) is 9.48 Å². The Bertz CT molecular complexity index is 732. The van der Waals surface area contributed by atoms with Crippen molar-refractivity contribution in [2.24, 2.45) is 0 Å². The molecule has 1 N–H and O–H groups in total. The molecule has 10 heteroatoms. The first-order chi connectivity index (χ1) is 11.2. The quantitative estimate of drug-likeness (QED) is 0.596. The molecule has 1 atom stereocenters. The van der Waals surface area contributed by atoms with Crippen LogP contribution in [0.4, 0.5) is 23.4 Å². The van der Waals surface area contributed by atoms with Gasteiger partial charge in [0.05, 0.1) is 4.47 Å². The first-order valence-corrected chi connectivity index (χ1v) is 7.77. The van der Waals surface area contributed by atoms with Gasteiger partial charge in [-0.2, -0.15) is 22.7 Å². The number of hydrogen-bond donors (Lipinski definition) is 1. The number of rotatable bonds is 5. The van der Waals surface area contributed by atoms with Crippen LogP contribution >= 0.6 is 15.9 Å². The van der Waals surface area contributed by atoms with Gasteiger partial charge in [0, 0.05) is 6.20 Å². The van der Waals surface area contributed by atoms with Crippen molar-refractivity contribution >= 4 is 27.7 Å². The van der Waals surface area contributed by atoms with Gasteiger partial charge in [0.2, 0.25) is 11.9 Å². The number of hydrogen-bond acceptors (Lipinski definition) is 3. The molecule has 130 valence electrons. The Morgan fingerprint density at radius 1 is 1.42 bits per heavy atom. The third-order valence-electron chi connectivity index (χ3n) is 3.11. The molecule has 5 nitrogen and oxygen atoms in total. The van der Waals surface area contributed by atoms with E-state index < -0.39 is 29.8 Å². The van der Waals surface area contributed by atoms with E-state index in [1.165, 1.54) is 12.1 Å². The predicted octanol–water partition coefficient (Wildman–Crippen LogP) is 4.18. The molecule has 0 bridgehead atoms. The second-order valence-electron chi connectivity index (χ2n) is 4.94. The third kappa shape index (κ3) is 4.31. The Balaban J connectivity index is 2.27. The molecule has 0 aliphatic rings. The molecule has 0 aliphatic heterocycles. The van der Waals surface area contributed by atoms with Crippen LogP contribution in [0.25, 0.3) is 0 Å². The van der Waals surface area contributed by atoms with E-state index >= 15 is 0 Å². The van der Waals surface area contributed by atoms with E-state index in [0.717, 1.165) is 16.9 Å². The summed E-state index contributed by atoms with van der Waals surface area (Å²) < 4.78 is 52.3. The zero-order chi connectivity index (χ0) is 17.9. The van der Waals surface area contributed by atoms with Gasteiger partial charge in [0.1, 0.15) is 11.9 Å². The zero-order valence-corrected chi connectivity index (χ0v) is 14.0.